The zero-order valence-corrected chi connectivity index (χ0v) is 10.5. The van der Waals surface area contributed by atoms with Crippen molar-refractivity contribution in [3.63, 3.8) is 0 Å². The van der Waals surface area contributed by atoms with Crippen LogP contribution in [-0.2, 0) is 10.9 Å². The van der Waals surface area contributed by atoms with Gasteiger partial charge >= 0.3 is 6.18 Å². The van der Waals surface area contributed by atoms with Gasteiger partial charge in [0.15, 0.2) is 0 Å². The van der Waals surface area contributed by atoms with E-state index in [9.17, 15) is 17.6 Å². The molecule has 0 amide bonds. The van der Waals surface area contributed by atoms with E-state index in [2.05, 4.69) is 5.32 Å². The molecule has 2 unspecified atom stereocenters. The molecule has 2 bridgehead atoms. The minimum absolute atomic E-state index is 0.0156. The van der Waals surface area contributed by atoms with Crippen molar-refractivity contribution in [3.05, 3.63) is 41.2 Å². The summed E-state index contributed by atoms with van der Waals surface area (Å²) in [4.78, 5) is 0. The van der Waals surface area contributed by atoms with Crippen molar-refractivity contribution in [1.29, 1.82) is 0 Å². The Balaban J connectivity index is 2.07. The number of hydrogen-bond acceptors (Lipinski definition) is 2. The normalized spacial score (nSPS) is 26.3. The van der Waals surface area contributed by atoms with Crippen LogP contribution in [0, 0.1) is 5.82 Å². The van der Waals surface area contributed by atoms with Crippen LogP contribution in [0.2, 0.25) is 0 Å². The molecule has 0 aromatic heterocycles. The minimum Gasteiger partial charge on any atom is -0.378 e. The fraction of sp³-hybridized carbons (Fsp3) is 0.429. The van der Waals surface area contributed by atoms with E-state index in [-0.39, 0.29) is 17.6 Å². The molecule has 108 valence electrons. The Kier molecular flexibility index (Phi) is 3.30. The lowest BCUT2D eigenvalue weighted by Gasteiger charge is -2.35. The van der Waals surface area contributed by atoms with Crippen molar-refractivity contribution in [1.82, 2.24) is 5.32 Å². The number of morpholine rings is 1. The standard InChI is InChI=1S/C14H13F4NO/c15-12-3-1-2-11(13(12)14(16,17)18)8-4-9-6-20-7-10(5-8)19-9/h1-4,9-10,19H,5-7H2. The predicted octanol–water partition coefficient (Wildman–Crippen LogP) is 2.99. The van der Waals surface area contributed by atoms with Gasteiger partial charge in [0.2, 0.25) is 0 Å². The highest BCUT2D eigenvalue weighted by molar-refractivity contribution is 5.71. The molecular formula is C14H13F4NO. The average molecular weight is 287 g/mol. The van der Waals surface area contributed by atoms with Gasteiger partial charge < -0.3 is 10.1 Å². The zero-order valence-electron chi connectivity index (χ0n) is 10.5. The van der Waals surface area contributed by atoms with E-state index >= 15 is 0 Å². The highest BCUT2D eigenvalue weighted by Gasteiger charge is 2.38. The fourth-order valence-electron chi connectivity index (χ4n) is 2.81. The van der Waals surface area contributed by atoms with Gasteiger partial charge in [-0.1, -0.05) is 18.2 Å². The van der Waals surface area contributed by atoms with E-state index in [1.54, 1.807) is 6.08 Å². The van der Waals surface area contributed by atoms with Gasteiger partial charge in [-0.15, -0.1) is 0 Å². The third-order valence-electron chi connectivity index (χ3n) is 3.58. The summed E-state index contributed by atoms with van der Waals surface area (Å²) in [7, 11) is 0. The molecule has 1 aromatic carbocycles. The van der Waals surface area contributed by atoms with Crippen molar-refractivity contribution in [2.75, 3.05) is 13.2 Å². The molecule has 0 saturated carbocycles. The van der Waals surface area contributed by atoms with Gasteiger partial charge in [-0.05, 0) is 23.6 Å². The molecule has 1 N–H and O–H groups in total. The molecule has 1 fully saturated rings. The van der Waals surface area contributed by atoms with Crippen LogP contribution in [0.15, 0.2) is 24.3 Å². The monoisotopic (exact) mass is 287 g/mol. The van der Waals surface area contributed by atoms with Crippen LogP contribution in [0.1, 0.15) is 17.5 Å². The Labute approximate surface area is 113 Å². The van der Waals surface area contributed by atoms with Crippen molar-refractivity contribution >= 4 is 5.57 Å². The summed E-state index contributed by atoms with van der Waals surface area (Å²) in [5, 5.41) is 3.25. The molecule has 0 aliphatic carbocycles. The van der Waals surface area contributed by atoms with Crippen molar-refractivity contribution in [2.24, 2.45) is 0 Å². The van der Waals surface area contributed by atoms with Gasteiger partial charge in [-0.25, -0.2) is 4.39 Å². The third-order valence-corrected chi connectivity index (χ3v) is 3.58. The van der Waals surface area contributed by atoms with Gasteiger partial charge in [-0.2, -0.15) is 13.2 Å². The largest absolute Gasteiger partial charge is 0.419 e. The maximum absolute atomic E-state index is 13.6. The number of halogens is 4. The van der Waals surface area contributed by atoms with Crippen LogP contribution in [0.3, 0.4) is 0 Å². The average Bonchev–Trinajstić information content (AvgIpc) is 2.36. The van der Waals surface area contributed by atoms with Crippen LogP contribution >= 0.6 is 0 Å². The van der Waals surface area contributed by atoms with Gasteiger partial charge in [0, 0.05) is 12.1 Å². The smallest absolute Gasteiger partial charge is 0.378 e. The molecule has 2 nitrogen and oxygen atoms in total. The number of ether oxygens (including phenoxy) is 1. The summed E-state index contributed by atoms with van der Waals surface area (Å²) >= 11 is 0. The Morgan fingerprint density at radius 3 is 2.70 bits per heavy atom. The lowest BCUT2D eigenvalue weighted by atomic mass is 9.89. The summed E-state index contributed by atoms with van der Waals surface area (Å²) in [5.74, 6) is -1.23. The van der Waals surface area contributed by atoms with Crippen LogP contribution in [0.4, 0.5) is 17.6 Å². The van der Waals surface area contributed by atoms with E-state index in [1.807, 2.05) is 0 Å². The molecule has 1 saturated heterocycles. The van der Waals surface area contributed by atoms with Crippen LogP contribution in [-0.4, -0.2) is 25.3 Å². The minimum atomic E-state index is -4.70. The number of alkyl halides is 3. The maximum Gasteiger partial charge on any atom is 0.419 e. The first-order chi connectivity index (χ1) is 9.45. The molecule has 0 radical (unpaired) electrons. The Morgan fingerprint density at radius 2 is 2.00 bits per heavy atom. The summed E-state index contributed by atoms with van der Waals surface area (Å²) in [6, 6.07) is 3.37. The first kappa shape index (κ1) is 13.6. The molecule has 2 aliphatic heterocycles. The maximum atomic E-state index is 13.6. The first-order valence-corrected chi connectivity index (χ1v) is 6.35. The van der Waals surface area contributed by atoms with Crippen LogP contribution in [0.5, 0.6) is 0 Å². The van der Waals surface area contributed by atoms with E-state index in [1.165, 1.54) is 12.1 Å². The molecular weight excluding hydrogens is 274 g/mol. The molecule has 6 heteroatoms. The molecule has 3 rings (SSSR count). The quantitative estimate of drug-likeness (QED) is 0.802. The summed E-state index contributed by atoms with van der Waals surface area (Å²) in [6.07, 6.45) is -2.58. The molecule has 2 heterocycles. The SMILES string of the molecule is Fc1cccc(C2=CC3COCC(C2)N3)c1C(F)(F)F. The van der Waals surface area contributed by atoms with Gasteiger partial charge in [0.1, 0.15) is 5.82 Å². The summed E-state index contributed by atoms with van der Waals surface area (Å²) < 4.78 is 58.1. The van der Waals surface area contributed by atoms with E-state index in [0.29, 0.717) is 25.2 Å². The van der Waals surface area contributed by atoms with Crippen molar-refractivity contribution in [2.45, 2.75) is 24.7 Å². The van der Waals surface area contributed by atoms with Crippen LogP contribution in [0.25, 0.3) is 5.57 Å². The summed E-state index contributed by atoms with van der Waals surface area (Å²) in [6.45, 7) is 0.890. The van der Waals surface area contributed by atoms with Crippen molar-refractivity contribution < 1.29 is 22.3 Å². The number of hydrogen-bond donors (Lipinski definition) is 1. The van der Waals surface area contributed by atoms with Gasteiger partial charge in [0.05, 0.1) is 18.8 Å². The number of nitrogens with one attached hydrogen (secondary N) is 1. The molecule has 20 heavy (non-hydrogen) atoms. The van der Waals surface area contributed by atoms with Gasteiger partial charge in [0.25, 0.3) is 0 Å². The van der Waals surface area contributed by atoms with E-state index in [0.717, 1.165) is 6.07 Å². The molecule has 2 aliphatic rings. The number of benzene rings is 1. The predicted molar refractivity (Wildman–Crippen MR) is 65.5 cm³/mol. The molecule has 2 atom stereocenters. The molecule has 0 spiro atoms. The Hall–Kier alpha value is -1.40. The first-order valence-electron chi connectivity index (χ1n) is 6.35. The second kappa shape index (κ2) is 4.86. The highest BCUT2D eigenvalue weighted by atomic mass is 19.4. The number of rotatable bonds is 1. The lowest BCUT2D eigenvalue weighted by molar-refractivity contribution is -0.140. The molecule has 1 aromatic rings. The Bertz CT molecular complexity index is 553. The lowest BCUT2D eigenvalue weighted by Crippen LogP contribution is -2.50. The van der Waals surface area contributed by atoms with Gasteiger partial charge in [-0.3, -0.25) is 0 Å². The second-order valence-corrected chi connectivity index (χ2v) is 5.06. The van der Waals surface area contributed by atoms with Crippen LogP contribution < -0.4 is 5.32 Å². The fourth-order valence-corrected chi connectivity index (χ4v) is 2.81. The zero-order chi connectivity index (χ0) is 14.3. The van der Waals surface area contributed by atoms with Crippen molar-refractivity contribution in [3.8, 4) is 0 Å². The second-order valence-electron chi connectivity index (χ2n) is 5.06. The number of fused-ring (bicyclic) bond motifs is 2. The van der Waals surface area contributed by atoms with E-state index in [4.69, 9.17) is 4.74 Å². The Morgan fingerprint density at radius 1 is 1.20 bits per heavy atom. The summed E-state index contributed by atoms with van der Waals surface area (Å²) in [5.41, 5.74) is -0.697. The topological polar surface area (TPSA) is 21.3 Å². The third kappa shape index (κ3) is 2.45. The highest BCUT2D eigenvalue weighted by Crippen LogP contribution is 2.39. The van der Waals surface area contributed by atoms with E-state index < -0.39 is 17.6 Å².